The van der Waals surface area contributed by atoms with E-state index in [-0.39, 0.29) is 36.1 Å². The molecule has 2 heterocycles. The third-order valence-corrected chi connectivity index (χ3v) is 6.46. The van der Waals surface area contributed by atoms with Crippen LogP contribution in [0.1, 0.15) is 38.2 Å². The zero-order valence-electron chi connectivity index (χ0n) is 19.3. The van der Waals surface area contributed by atoms with Crippen molar-refractivity contribution >= 4 is 51.9 Å². The maximum absolute atomic E-state index is 13.9. The molecule has 3 amide bonds. The number of benzene rings is 2. The first-order chi connectivity index (χ1) is 17.0. The molecule has 0 aliphatic carbocycles. The first-order valence-corrected chi connectivity index (χ1v) is 12.5. The van der Waals surface area contributed by atoms with E-state index in [0.717, 1.165) is 30.2 Å². The zero-order chi connectivity index (χ0) is 24.8. The van der Waals surface area contributed by atoms with Crippen LogP contribution >= 0.6 is 11.8 Å². The van der Waals surface area contributed by atoms with Gasteiger partial charge in [-0.15, -0.1) is 0 Å². The molecule has 1 unspecified atom stereocenters. The molecular weight excluding hydrogens is 469 g/mol. The zero-order valence-corrected chi connectivity index (χ0v) is 20.1. The van der Waals surface area contributed by atoms with Gasteiger partial charge in [0, 0.05) is 18.5 Å². The molecule has 0 radical (unpaired) electrons. The molecule has 0 fully saturated rings. The quantitative estimate of drug-likeness (QED) is 0.516. The molecule has 35 heavy (non-hydrogen) atoms. The van der Waals surface area contributed by atoms with E-state index in [1.54, 1.807) is 12.1 Å². The number of thioether (sulfide) groups is 1. The summed E-state index contributed by atoms with van der Waals surface area (Å²) in [4.78, 5) is 48.5. The van der Waals surface area contributed by atoms with E-state index in [2.05, 4.69) is 20.6 Å². The van der Waals surface area contributed by atoms with Crippen LogP contribution in [0.2, 0.25) is 0 Å². The number of rotatable bonds is 9. The lowest BCUT2D eigenvalue weighted by atomic mass is 10.1. The van der Waals surface area contributed by atoms with Crippen molar-refractivity contribution in [1.82, 2.24) is 10.2 Å². The first kappa shape index (κ1) is 24.6. The van der Waals surface area contributed by atoms with Gasteiger partial charge in [0.2, 0.25) is 11.8 Å². The van der Waals surface area contributed by atoms with Gasteiger partial charge in [0.25, 0.3) is 5.91 Å². The summed E-state index contributed by atoms with van der Waals surface area (Å²) in [6.45, 7) is 2.67. The monoisotopic (exact) mass is 495 g/mol. The molecule has 10 heteroatoms. The summed E-state index contributed by atoms with van der Waals surface area (Å²) >= 11 is 1.07. The predicted octanol–water partition coefficient (Wildman–Crippen LogP) is 3.85. The first-order valence-electron chi connectivity index (χ1n) is 11.5. The Balaban J connectivity index is 1.46. The number of carbonyl (C=O) groups excluding carboxylic acids is 3. The average molecular weight is 496 g/mol. The lowest BCUT2D eigenvalue weighted by Gasteiger charge is -2.25. The van der Waals surface area contributed by atoms with E-state index in [4.69, 9.17) is 0 Å². The second kappa shape index (κ2) is 11.3. The van der Waals surface area contributed by atoms with Gasteiger partial charge in [-0.1, -0.05) is 49.4 Å². The van der Waals surface area contributed by atoms with Crippen LogP contribution in [0.25, 0.3) is 0 Å². The highest BCUT2D eigenvalue weighted by atomic mass is 32.2. The molecule has 2 aromatic carbocycles. The number of nitrogens with zero attached hydrogens (tertiary/aromatic N) is 3. The summed E-state index contributed by atoms with van der Waals surface area (Å²) in [5.41, 5.74) is 1.45. The fourth-order valence-corrected chi connectivity index (χ4v) is 4.53. The summed E-state index contributed by atoms with van der Waals surface area (Å²) in [5.74, 6) is -0.945. The van der Waals surface area contributed by atoms with E-state index < -0.39 is 17.8 Å². The highest BCUT2D eigenvalue weighted by Crippen LogP contribution is 2.34. The maximum Gasteiger partial charge on any atom is 0.259 e. The Hall–Kier alpha value is -3.53. The third kappa shape index (κ3) is 5.76. The summed E-state index contributed by atoms with van der Waals surface area (Å²) in [6.07, 6.45) is 2.37. The third-order valence-electron chi connectivity index (χ3n) is 5.53. The van der Waals surface area contributed by atoms with Crippen molar-refractivity contribution in [2.24, 2.45) is 9.98 Å². The number of halogens is 1. The standard InChI is InChI=1S/C25H26FN5O3S/c1-2-3-14-27-21(32)13-12-20-24(34)31-23(29-20)16-8-4-6-10-18(16)30-25(31)35-15-22(33)28-19-11-7-5-9-17(19)26/h4-11,20H,2-3,12-15H2,1H3,(H,27,32)(H,28,33). The van der Waals surface area contributed by atoms with Gasteiger partial charge in [-0.05, 0) is 37.1 Å². The van der Waals surface area contributed by atoms with Crippen LogP contribution in [-0.4, -0.2) is 52.0 Å². The molecule has 2 aliphatic heterocycles. The van der Waals surface area contributed by atoms with Crippen molar-refractivity contribution in [3.8, 4) is 0 Å². The van der Waals surface area contributed by atoms with E-state index in [1.807, 2.05) is 31.2 Å². The van der Waals surface area contributed by atoms with Crippen molar-refractivity contribution in [3.05, 3.63) is 59.9 Å². The summed E-state index contributed by atoms with van der Waals surface area (Å²) in [7, 11) is 0. The summed E-state index contributed by atoms with van der Waals surface area (Å²) in [6, 6.07) is 12.5. The minimum absolute atomic E-state index is 0.0725. The molecular formula is C25H26FN5O3S. The number of unbranched alkanes of at least 4 members (excludes halogenated alkanes) is 1. The molecule has 1 atom stereocenters. The highest BCUT2D eigenvalue weighted by Gasteiger charge is 2.41. The molecule has 0 bridgehead atoms. The van der Waals surface area contributed by atoms with Crippen LogP contribution in [0, 0.1) is 5.82 Å². The van der Waals surface area contributed by atoms with Crippen LogP contribution < -0.4 is 10.6 Å². The van der Waals surface area contributed by atoms with Crippen molar-refractivity contribution in [3.63, 3.8) is 0 Å². The molecule has 0 saturated heterocycles. The average Bonchev–Trinajstić information content (AvgIpc) is 3.19. The van der Waals surface area contributed by atoms with Gasteiger partial charge in [-0.25, -0.2) is 14.3 Å². The lowest BCUT2D eigenvalue weighted by Crippen LogP contribution is -2.41. The lowest BCUT2D eigenvalue weighted by molar-refractivity contribution is -0.125. The number of aliphatic imine (C=N–C) groups is 2. The Morgan fingerprint density at radius 1 is 1.11 bits per heavy atom. The molecule has 0 spiro atoms. The fraction of sp³-hybridized carbons (Fsp3) is 0.320. The number of carbonyl (C=O) groups is 3. The molecule has 4 rings (SSSR count). The second-order valence-electron chi connectivity index (χ2n) is 8.11. The molecule has 2 N–H and O–H groups in total. The Bertz CT molecular complexity index is 1200. The topological polar surface area (TPSA) is 103 Å². The van der Waals surface area contributed by atoms with Crippen molar-refractivity contribution < 1.29 is 18.8 Å². The Kier molecular flexibility index (Phi) is 7.91. The SMILES string of the molecule is CCCCNC(=O)CCC1N=C2c3ccccc3N=C(SCC(=O)Nc3ccccc3F)N2C1=O. The van der Waals surface area contributed by atoms with Crippen LogP contribution in [-0.2, 0) is 14.4 Å². The van der Waals surface area contributed by atoms with E-state index in [9.17, 15) is 18.8 Å². The van der Waals surface area contributed by atoms with Gasteiger partial charge in [0.05, 0.1) is 17.1 Å². The van der Waals surface area contributed by atoms with Crippen LogP contribution in [0.4, 0.5) is 15.8 Å². The number of nitrogens with one attached hydrogen (secondary N) is 2. The number of para-hydroxylation sites is 2. The number of hydrogen-bond donors (Lipinski definition) is 2. The predicted molar refractivity (Wildman–Crippen MR) is 135 cm³/mol. The van der Waals surface area contributed by atoms with Crippen LogP contribution in [0.3, 0.4) is 0 Å². The molecule has 182 valence electrons. The minimum Gasteiger partial charge on any atom is -0.356 e. The van der Waals surface area contributed by atoms with Gasteiger partial charge in [-0.2, -0.15) is 0 Å². The van der Waals surface area contributed by atoms with Gasteiger partial charge in [0.15, 0.2) is 5.17 Å². The second-order valence-corrected chi connectivity index (χ2v) is 9.06. The van der Waals surface area contributed by atoms with E-state index >= 15 is 0 Å². The molecule has 2 aromatic rings. The van der Waals surface area contributed by atoms with Gasteiger partial charge in [0.1, 0.15) is 17.7 Å². The Labute approximate surface area is 207 Å². The number of amides is 3. The summed E-state index contributed by atoms with van der Waals surface area (Å²) in [5, 5.41) is 5.71. The van der Waals surface area contributed by atoms with Crippen molar-refractivity contribution in [2.45, 2.75) is 38.6 Å². The van der Waals surface area contributed by atoms with Gasteiger partial charge < -0.3 is 10.6 Å². The van der Waals surface area contributed by atoms with Crippen LogP contribution in [0.5, 0.6) is 0 Å². The normalized spacial score (nSPS) is 16.2. The molecule has 2 aliphatic rings. The summed E-state index contributed by atoms with van der Waals surface area (Å²) < 4.78 is 13.9. The van der Waals surface area contributed by atoms with Crippen molar-refractivity contribution in [2.75, 3.05) is 17.6 Å². The highest BCUT2D eigenvalue weighted by molar-refractivity contribution is 8.14. The number of anilines is 1. The molecule has 0 aromatic heterocycles. The minimum atomic E-state index is -0.703. The number of hydrogen-bond acceptors (Lipinski definition) is 6. The van der Waals surface area contributed by atoms with Crippen molar-refractivity contribution in [1.29, 1.82) is 0 Å². The maximum atomic E-state index is 13.9. The van der Waals surface area contributed by atoms with Crippen LogP contribution in [0.15, 0.2) is 58.5 Å². The molecule has 0 saturated carbocycles. The number of amidine groups is 2. The Morgan fingerprint density at radius 2 is 1.89 bits per heavy atom. The van der Waals surface area contributed by atoms with Gasteiger partial charge in [-0.3, -0.25) is 19.4 Å². The number of fused-ring (bicyclic) bond motifs is 3. The largest absolute Gasteiger partial charge is 0.356 e. The smallest absolute Gasteiger partial charge is 0.259 e. The Morgan fingerprint density at radius 3 is 2.69 bits per heavy atom. The van der Waals surface area contributed by atoms with E-state index in [0.29, 0.717) is 23.2 Å². The fourth-order valence-electron chi connectivity index (χ4n) is 3.73. The van der Waals surface area contributed by atoms with E-state index in [1.165, 1.54) is 17.0 Å². The molecule has 8 nitrogen and oxygen atoms in total. The van der Waals surface area contributed by atoms with Gasteiger partial charge >= 0.3 is 0 Å².